The van der Waals surface area contributed by atoms with Crippen molar-refractivity contribution in [2.24, 2.45) is 0 Å². The normalized spacial score (nSPS) is 15.8. The van der Waals surface area contributed by atoms with Gasteiger partial charge in [0, 0.05) is 49.8 Å². The molecule has 1 aliphatic heterocycles. The molecule has 3 amide bonds. The van der Waals surface area contributed by atoms with Crippen LogP contribution in [0, 0.1) is 0 Å². The van der Waals surface area contributed by atoms with Gasteiger partial charge in [0.1, 0.15) is 21.4 Å². The minimum atomic E-state index is -0.924. The highest BCUT2D eigenvalue weighted by molar-refractivity contribution is 9.10. The number of aromatic nitrogens is 4. The molecule has 1 fully saturated rings. The van der Waals surface area contributed by atoms with E-state index in [0.717, 1.165) is 41.2 Å². The van der Waals surface area contributed by atoms with Crippen LogP contribution in [-0.4, -0.2) is 73.6 Å². The molecule has 13 nitrogen and oxygen atoms in total. The number of anilines is 2. The van der Waals surface area contributed by atoms with E-state index in [9.17, 15) is 14.4 Å². The Bertz CT molecular complexity index is 1560. The van der Waals surface area contributed by atoms with E-state index in [1.807, 2.05) is 33.0 Å². The van der Waals surface area contributed by atoms with Gasteiger partial charge >= 0.3 is 18.3 Å². The summed E-state index contributed by atoms with van der Waals surface area (Å²) in [6, 6.07) is 1.87. The van der Waals surface area contributed by atoms with Crippen LogP contribution in [0.15, 0.2) is 35.5 Å². The molecule has 14 heteroatoms. The van der Waals surface area contributed by atoms with E-state index in [4.69, 9.17) is 14.2 Å². The summed E-state index contributed by atoms with van der Waals surface area (Å²) in [6.45, 7) is 17.2. The van der Waals surface area contributed by atoms with Crippen LogP contribution in [-0.2, 0) is 20.6 Å². The van der Waals surface area contributed by atoms with Crippen LogP contribution in [0.25, 0.3) is 5.65 Å². The van der Waals surface area contributed by atoms with E-state index >= 15 is 0 Å². The molecule has 1 N–H and O–H groups in total. The first-order valence-corrected chi connectivity index (χ1v) is 16.0. The first-order chi connectivity index (χ1) is 21.3. The van der Waals surface area contributed by atoms with Crippen LogP contribution in [0.4, 0.5) is 25.9 Å². The zero-order valence-electron chi connectivity index (χ0n) is 28.0. The zero-order valence-corrected chi connectivity index (χ0v) is 29.6. The van der Waals surface area contributed by atoms with E-state index in [1.165, 1.54) is 6.20 Å². The average molecular weight is 703 g/mol. The number of hydrogen-bond donors (Lipinski definition) is 1. The fraction of sp³-hybridized carbons (Fsp3) is 0.562. The molecule has 0 spiro atoms. The number of amides is 3. The maximum Gasteiger partial charge on any atom is 0.425 e. The number of imide groups is 1. The molecule has 3 aromatic heterocycles. The summed E-state index contributed by atoms with van der Waals surface area (Å²) in [4.78, 5) is 55.5. The predicted molar refractivity (Wildman–Crippen MR) is 177 cm³/mol. The van der Waals surface area contributed by atoms with Crippen LogP contribution < -0.4 is 15.1 Å². The van der Waals surface area contributed by atoms with E-state index < -0.39 is 35.1 Å². The van der Waals surface area contributed by atoms with Crippen molar-refractivity contribution in [2.75, 3.05) is 22.9 Å². The summed E-state index contributed by atoms with van der Waals surface area (Å²) in [5.74, 6) is -0.0135. The standard InChI is InChI=1S/C32H44BrN7O6/c1-30(2,3)44-27(41)37-21-11-10-13-38(19-21)23-18-35-24(33)16-20(23)15-22-17-36-25-26(34-12-14-39(22)25)40(28(42)45-31(4,5)6)29(43)46-32(7,8)9/h12,14,16-18,21H,10-11,13,15,19H2,1-9H3,(H,37,41)/t21-/m1/s1. The Hall–Kier alpha value is -3.94. The molecule has 46 heavy (non-hydrogen) atoms. The molecule has 1 aliphatic rings. The Morgan fingerprint density at radius 2 is 1.57 bits per heavy atom. The predicted octanol–water partition coefficient (Wildman–Crippen LogP) is 6.65. The van der Waals surface area contributed by atoms with Crippen molar-refractivity contribution >= 4 is 51.4 Å². The number of carbonyl (C=O) groups is 3. The number of ether oxygens (including phenoxy) is 3. The van der Waals surface area contributed by atoms with E-state index in [-0.39, 0.29) is 17.5 Å². The van der Waals surface area contributed by atoms with Crippen molar-refractivity contribution in [3.05, 3.63) is 46.7 Å². The van der Waals surface area contributed by atoms with Gasteiger partial charge in [0.25, 0.3) is 0 Å². The number of carbonyl (C=O) groups excluding carboxylic acids is 3. The largest absolute Gasteiger partial charge is 0.444 e. The van der Waals surface area contributed by atoms with Gasteiger partial charge in [-0.1, -0.05) is 0 Å². The van der Waals surface area contributed by atoms with Gasteiger partial charge in [-0.2, -0.15) is 4.90 Å². The maximum absolute atomic E-state index is 13.3. The van der Waals surface area contributed by atoms with Gasteiger partial charge in [-0.3, -0.25) is 4.40 Å². The fourth-order valence-corrected chi connectivity index (χ4v) is 5.36. The maximum atomic E-state index is 13.3. The topological polar surface area (TPSA) is 140 Å². The summed E-state index contributed by atoms with van der Waals surface area (Å²) < 4.78 is 19.0. The third kappa shape index (κ3) is 9.30. The number of pyridine rings is 1. The van der Waals surface area contributed by atoms with Crippen molar-refractivity contribution in [1.82, 2.24) is 24.7 Å². The van der Waals surface area contributed by atoms with Crippen molar-refractivity contribution in [1.29, 1.82) is 0 Å². The molecule has 1 atom stereocenters. The quantitative estimate of drug-likeness (QED) is 0.227. The molecule has 0 radical (unpaired) electrons. The lowest BCUT2D eigenvalue weighted by Crippen LogP contribution is -2.49. The average Bonchev–Trinajstić information content (AvgIpc) is 3.29. The van der Waals surface area contributed by atoms with Crippen LogP contribution in [0.3, 0.4) is 0 Å². The number of rotatable bonds is 5. The van der Waals surface area contributed by atoms with Gasteiger partial charge in [0.05, 0.1) is 11.9 Å². The summed E-state index contributed by atoms with van der Waals surface area (Å²) in [7, 11) is 0. The Morgan fingerprint density at radius 3 is 2.17 bits per heavy atom. The summed E-state index contributed by atoms with van der Waals surface area (Å²) in [5, 5.41) is 3.00. The first-order valence-electron chi connectivity index (χ1n) is 15.3. The highest BCUT2D eigenvalue weighted by Crippen LogP contribution is 2.30. The van der Waals surface area contributed by atoms with Gasteiger partial charge in [-0.25, -0.2) is 29.3 Å². The molecule has 0 saturated carbocycles. The second kappa shape index (κ2) is 13.4. The molecule has 0 unspecified atom stereocenters. The number of piperidine rings is 1. The highest BCUT2D eigenvalue weighted by Gasteiger charge is 2.35. The van der Waals surface area contributed by atoms with Gasteiger partial charge in [0.15, 0.2) is 11.5 Å². The highest BCUT2D eigenvalue weighted by atomic mass is 79.9. The molecule has 0 bridgehead atoms. The van der Waals surface area contributed by atoms with Gasteiger partial charge in [-0.05, 0) is 103 Å². The Kier molecular flexibility index (Phi) is 10.2. The smallest absolute Gasteiger partial charge is 0.425 e. The van der Waals surface area contributed by atoms with E-state index in [1.54, 1.807) is 58.3 Å². The number of alkyl carbamates (subject to hydrolysis) is 1. The first kappa shape index (κ1) is 34.9. The molecule has 4 rings (SSSR count). The summed E-state index contributed by atoms with van der Waals surface area (Å²) in [6.07, 6.45) is 6.60. The van der Waals surface area contributed by atoms with Crippen molar-refractivity contribution < 1.29 is 28.6 Å². The molecule has 0 aromatic carbocycles. The monoisotopic (exact) mass is 701 g/mol. The van der Waals surface area contributed by atoms with Crippen molar-refractivity contribution in [2.45, 2.75) is 104 Å². The Morgan fingerprint density at radius 1 is 0.935 bits per heavy atom. The fourth-order valence-electron chi connectivity index (χ4n) is 4.98. The number of hydrogen-bond acceptors (Lipinski definition) is 10. The molecule has 3 aromatic rings. The van der Waals surface area contributed by atoms with E-state index in [0.29, 0.717) is 17.6 Å². The molecule has 1 saturated heterocycles. The zero-order chi connectivity index (χ0) is 34.0. The van der Waals surface area contributed by atoms with Gasteiger partial charge in [-0.15, -0.1) is 0 Å². The molecule has 250 valence electrons. The second-order valence-corrected chi connectivity index (χ2v) is 15.0. The van der Waals surface area contributed by atoms with Crippen LogP contribution >= 0.6 is 15.9 Å². The number of fused-ring (bicyclic) bond motifs is 1. The summed E-state index contributed by atoms with van der Waals surface area (Å²) >= 11 is 3.51. The van der Waals surface area contributed by atoms with Crippen LogP contribution in [0.5, 0.6) is 0 Å². The Labute approximate surface area is 278 Å². The number of nitrogens with one attached hydrogen (secondary N) is 1. The summed E-state index contributed by atoms with van der Waals surface area (Å²) in [5.41, 5.74) is 0.633. The van der Waals surface area contributed by atoms with Gasteiger partial charge in [0.2, 0.25) is 0 Å². The molecular weight excluding hydrogens is 658 g/mol. The second-order valence-electron chi connectivity index (χ2n) is 14.2. The minimum Gasteiger partial charge on any atom is -0.444 e. The number of imidazole rings is 1. The third-order valence-electron chi connectivity index (χ3n) is 6.64. The lowest BCUT2D eigenvalue weighted by Gasteiger charge is -2.36. The van der Waals surface area contributed by atoms with Crippen LogP contribution in [0.1, 0.15) is 86.4 Å². The van der Waals surface area contributed by atoms with Gasteiger partial charge < -0.3 is 24.4 Å². The van der Waals surface area contributed by atoms with Crippen LogP contribution in [0.2, 0.25) is 0 Å². The Balaban J connectivity index is 1.65. The SMILES string of the molecule is CC(C)(C)OC(=O)N[C@@H]1CCCN(c2cnc(Br)cc2Cc2cnc3c(N(C(=O)OC(C)(C)C)C(=O)OC(C)(C)C)nccn23)C1. The molecule has 4 heterocycles. The molecular formula is C32H44BrN7O6. The van der Waals surface area contributed by atoms with E-state index in [2.05, 4.69) is 41.1 Å². The number of halogens is 1. The lowest BCUT2D eigenvalue weighted by atomic mass is 10.0. The lowest BCUT2D eigenvalue weighted by molar-refractivity contribution is 0.0425. The molecule has 0 aliphatic carbocycles. The number of nitrogens with zero attached hydrogens (tertiary/aromatic N) is 6. The minimum absolute atomic E-state index is 0.0135. The van der Waals surface area contributed by atoms with Crippen molar-refractivity contribution in [3.8, 4) is 0 Å². The third-order valence-corrected chi connectivity index (χ3v) is 7.07. The van der Waals surface area contributed by atoms with Crippen molar-refractivity contribution in [3.63, 3.8) is 0 Å².